The maximum Gasteiger partial charge on any atom is 0.136 e. The van der Waals surface area contributed by atoms with E-state index < -0.39 is 0 Å². The third-order valence-electron chi connectivity index (χ3n) is 3.27. The zero-order valence-corrected chi connectivity index (χ0v) is 10.9. The van der Waals surface area contributed by atoms with E-state index in [1.165, 1.54) is 11.1 Å². The molecule has 1 unspecified atom stereocenters. The van der Waals surface area contributed by atoms with Gasteiger partial charge < -0.3 is 0 Å². The molecule has 0 heterocycles. The minimum atomic E-state index is 0.332. The highest BCUT2D eigenvalue weighted by molar-refractivity contribution is 5.82. The van der Waals surface area contributed by atoms with Crippen LogP contribution < -0.4 is 0 Å². The minimum absolute atomic E-state index is 0.332. The van der Waals surface area contributed by atoms with Crippen LogP contribution in [0.2, 0.25) is 0 Å². The van der Waals surface area contributed by atoms with E-state index in [2.05, 4.69) is 32.9 Å². The van der Waals surface area contributed by atoms with Crippen LogP contribution in [0.25, 0.3) is 0 Å². The van der Waals surface area contributed by atoms with Crippen molar-refractivity contribution in [3.8, 4) is 0 Å². The lowest BCUT2D eigenvalue weighted by Crippen LogP contribution is -2.04. The lowest BCUT2D eigenvalue weighted by molar-refractivity contribution is -0.120. The normalized spacial score (nSPS) is 21.3. The van der Waals surface area contributed by atoms with Crippen LogP contribution in [0.15, 0.2) is 23.3 Å². The molecule has 1 heteroatoms. The summed E-state index contributed by atoms with van der Waals surface area (Å²) >= 11 is 0. The fourth-order valence-corrected chi connectivity index (χ4v) is 2.17. The van der Waals surface area contributed by atoms with E-state index in [1.54, 1.807) is 0 Å². The zero-order chi connectivity index (χ0) is 12.0. The Hall–Kier alpha value is -0.850. The molecule has 1 aliphatic rings. The van der Waals surface area contributed by atoms with Crippen molar-refractivity contribution in [2.45, 2.75) is 59.3 Å². The Morgan fingerprint density at radius 1 is 1.31 bits per heavy atom. The molecule has 1 nitrogen and oxygen atoms in total. The summed E-state index contributed by atoms with van der Waals surface area (Å²) in [6, 6.07) is 0. The SMILES string of the molecule is CC(C)=CCCC(C)=CCC1CCCC1=O. The summed E-state index contributed by atoms with van der Waals surface area (Å²) in [5.74, 6) is 0.812. The summed E-state index contributed by atoms with van der Waals surface area (Å²) < 4.78 is 0. The van der Waals surface area contributed by atoms with Gasteiger partial charge in [0.15, 0.2) is 0 Å². The number of carbonyl (C=O) groups is 1. The lowest BCUT2D eigenvalue weighted by atomic mass is 10.00. The molecule has 1 rings (SSSR count). The highest BCUT2D eigenvalue weighted by Crippen LogP contribution is 2.25. The van der Waals surface area contributed by atoms with Gasteiger partial charge in [-0.1, -0.05) is 23.3 Å². The fraction of sp³-hybridized carbons (Fsp3) is 0.667. The van der Waals surface area contributed by atoms with Gasteiger partial charge in [0, 0.05) is 12.3 Å². The molecule has 16 heavy (non-hydrogen) atoms. The number of hydrogen-bond donors (Lipinski definition) is 0. The van der Waals surface area contributed by atoms with Gasteiger partial charge in [0.1, 0.15) is 5.78 Å². The van der Waals surface area contributed by atoms with Crippen LogP contribution >= 0.6 is 0 Å². The number of hydrogen-bond acceptors (Lipinski definition) is 1. The van der Waals surface area contributed by atoms with E-state index in [-0.39, 0.29) is 0 Å². The van der Waals surface area contributed by atoms with Crippen molar-refractivity contribution in [1.29, 1.82) is 0 Å². The van der Waals surface area contributed by atoms with Gasteiger partial charge in [-0.3, -0.25) is 4.79 Å². The topological polar surface area (TPSA) is 17.1 Å². The van der Waals surface area contributed by atoms with Gasteiger partial charge >= 0.3 is 0 Å². The summed E-state index contributed by atoms with van der Waals surface area (Å²) in [4.78, 5) is 11.5. The van der Waals surface area contributed by atoms with E-state index in [0.29, 0.717) is 11.7 Å². The van der Waals surface area contributed by atoms with Gasteiger partial charge in [0.25, 0.3) is 0 Å². The molecule has 0 spiro atoms. The summed E-state index contributed by atoms with van der Waals surface area (Å²) in [5, 5.41) is 0. The number of carbonyl (C=O) groups excluding carboxylic acids is 1. The van der Waals surface area contributed by atoms with Crippen molar-refractivity contribution in [2.24, 2.45) is 5.92 Å². The van der Waals surface area contributed by atoms with Crippen molar-refractivity contribution in [3.05, 3.63) is 23.3 Å². The average molecular weight is 220 g/mol. The third-order valence-corrected chi connectivity index (χ3v) is 3.27. The quantitative estimate of drug-likeness (QED) is 0.626. The van der Waals surface area contributed by atoms with Gasteiger partial charge in [-0.15, -0.1) is 0 Å². The van der Waals surface area contributed by atoms with Crippen LogP contribution in [0.5, 0.6) is 0 Å². The molecule has 1 atom stereocenters. The molecule has 1 aliphatic carbocycles. The Bertz CT molecular complexity index is 293. The Morgan fingerprint density at radius 3 is 2.62 bits per heavy atom. The summed E-state index contributed by atoms with van der Waals surface area (Å²) in [6.07, 6.45) is 10.8. The molecule has 0 N–H and O–H groups in total. The molecule has 0 aliphatic heterocycles. The number of rotatable bonds is 5. The molecule has 1 fully saturated rings. The summed E-state index contributed by atoms with van der Waals surface area (Å²) in [6.45, 7) is 6.45. The predicted octanol–water partition coefficient (Wildman–Crippen LogP) is 4.44. The van der Waals surface area contributed by atoms with Crippen molar-refractivity contribution in [1.82, 2.24) is 0 Å². The number of allylic oxidation sites excluding steroid dienone is 4. The van der Waals surface area contributed by atoms with Gasteiger partial charge in [0.05, 0.1) is 0 Å². The predicted molar refractivity (Wildman–Crippen MR) is 69.4 cm³/mol. The van der Waals surface area contributed by atoms with Crippen molar-refractivity contribution < 1.29 is 4.79 Å². The maximum atomic E-state index is 11.5. The van der Waals surface area contributed by atoms with E-state index >= 15 is 0 Å². The summed E-state index contributed by atoms with van der Waals surface area (Å²) in [7, 11) is 0. The van der Waals surface area contributed by atoms with Crippen LogP contribution in [0.1, 0.15) is 59.3 Å². The van der Waals surface area contributed by atoms with E-state index in [0.717, 1.165) is 38.5 Å². The van der Waals surface area contributed by atoms with Crippen LogP contribution in [0, 0.1) is 5.92 Å². The first kappa shape index (κ1) is 13.2. The first-order chi connectivity index (χ1) is 7.59. The second-order valence-corrected chi connectivity index (χ2v) is 5.16. The largest absolute Gasteiger partial charge is 0.299 e. The highest BCUT2D eigenvalue weighted by Gasteiger charge is 2.22. The van der Waals surface area contributed by atoms with Crippen LogP contribution in [-0.4, -0.2) is 5.78 Å². The zero-order valence-electron chi connectivity index (χ0n) is 10.9. The number of ketones is 1. The molecular weight excluding hydrogens is 196 g/mol. The molecule has 90 valence electrons. The Morgan fingerprint density at radius 2 is 2.06 bits per heavy atom. The fourth-order valence-electron chi connectivity index (χ4n) is 2.17. The van der Waals surface area contributed by atoms with Gasteiger partial charge in [-0.25, -0.2) is 0 Å². The van der Waals surface area contributed by atoms with Gasteiger partial charge in [-0.2, -0.15) is 0 Å². The van der Waals surface area contributed by atoms with Crippen molar-refractivity contribution >= 4 is 5.78 Å². The monoisotopic (exact) mass is 220 g/mol. The first-order valence-corrected chi connectivity index (χ1v) is 6.41. The van der Waals surface area contributed by atoms with Crippen molar-refractivity contribution in [2.75, 3.05) is 0 Å². The second kappa shape index (κ2) is 6.67. The molecule has 0 bridgehead atoms. The Kier molecular flexibility index (Phi) is 5.51. The van der Waals surface area contributed by atoms with E-state index in [4.69, 9.17) is 0 Å². The lowest BCUT2D eigenvalue weighted by Gasteiger charge is -2.05. The molecule has 0 aromatic carbocycles. The smallest absolute Gasteiger partial charge is 0.136 e. The average Bonchev–Trinajstić information content (AvgIpc) is 2.60. The standard InChI is InChI=1S/C15H24O/c1-12(2)6-4-7-13(3)10-11-14-8-5-9-15(14)16/h6,10,14H,4-5,7-9,11H2,1-3H3. The third kappa shape index (κ3) is 4.78. The Balaban J connectivity index is 2.28. The highest BCUT2D eigenvalue weighted by atomic mass is 16.1. The van der Waals surface area contributed by atoms with Gasteiger partial charge in [0.2, 0.25) is 0 Å². The van der Waals surface area contributed by atoms with Crippen LogP contribution in [0.3, 0.4) is 0 Å². The molecule has 0 amide bonds. The van der Waals surface area contributed by atoms with E-state index in [1.807, 2.05) is 0 Å². The van der Waals surface area contributed by atoms with Crippen LogP contribution in [0.4, 0.5) is 0 Å². The second-order valence-electron chi connectivity index (χ2n) is 5.16. The molecular formula is C15H24O. The Labute approximate surface area is 99.6 Å². The summed E-state index contributed by atoms with van der Waals surface area (Å²) in [5.41, 5.74) is 2.82. The van der Waals surface area contributed by atoms with Gasteiger partial charge in [-0.05, 0) is 52.9 Å². The first-order valence-electron chi connectivity index (χ1n) is 6.41. The maximum absolute atomic E-state index is 11.5. The van der Waals surface area contributed by atoms with Crippen molar-refractivity contribution in [3.63, 3.8) is 0 Å². The molecule has 0 aromatic rings. The van der Waals surface area contributed by atoms with Crippen LogP contribution in [-0.2, 0) is 4.79 Å². The molecule has 1 saturated carbocycles. The number of Topliss-reactive ketones (excluding diaryl/α,β-unsaturated/α-hetero) is 1. The molecule has 0 radical (unpaired) electrons. The molecule has 0 saturated heterocycles. The van der Waals surface area contributed by atoms with E-state index in [9.17, 15) is 4.79 Å². The minimum Gasteiger partial charge on any atom is -0.299 e. The molecule has 0 aromatic heterocycles.